The normalized spacial score (nSPS) is 11.4. The van der Waals surface area contributed by atoms with E-state index in [2.05, 4.69) is 45.0 Å². The summed E-state index contributed by atoms with van der Waals surface area (Å²) in [6.07, 6.45) is 12.0. The van der Waals surface area contributed by atoms with E-state index in [4.69, 9.17) is 9.98 Å². The number of rotatable bonds is 14. The molecule has 0 radical (unpaired) electrons. The smallest absolute Gasteiger partial charge is 0.873 e. The molecule has 212 valence electrons. The minimum atomic E-state index is -0.386. The zero-order valence-electron chi connectivity index (χ0n) is 23.8. The second-order valence-electron chi connectivity index (χ2n) is 9.55. The molecule has 0 atom stereocenters. The van der Waals surface area contributed by atoms with Gasteiger partial charge in [0.15, 0.2) is 0 Å². The number of unbranched alkanes of at least 4 members (excludes halogenated alkanes) is 5. The fourth-order valence-corrected chi connectivity index (χ4v) is 4.03. The number of hydrogen-bond acceptors (Lipinski definition) is 4. The molecule has 3 aromatic rings. The Morgan fingerprint density at radius 1 is 0.564 bits per heavy atom. The maximum Gasteiger partial charge on any atom is 2.00 e. The van der Waals surface area contributed by atoms with Crippen LogP contribution in [-0.4, -0.2) is 11.4 Å². The van der Waals surface area contributed by atoms with Crippen molar-refractivity contribution in [1.82, 2.24) is 0 Å². The third kappa shape index (κ3) is 13.6. The molecule has 0 heterocycles. The zero-order chi connectivity index (χ0) is 27.4. The Labute approximate surface area is 246 Å². The standard InChI is InChI=1S/C24H32N2.C10H14O2.Ni/c1-3-5-7-14-20-24(26-22-17-12-9-13-18-22)23(19-6-4-2)25-21-15-10-8-11-16-21;1-2-3-5-8-6-4-7-9(11)10(8)12;/h8-13,15-18H,3-7,14,19-20H2,1-2H3;4,6-7,11-12H,2-3,5H2,1H3;/q;;+2/p-2. The average molecular weight is 571 g/mol. The van der Waals surface area contributed by atoms with E-state index in [0.29, 0.717) is 5.56 Å². The van der Waals surface area contributed by atoms with Crippen LogP contribution >= 0.6 is 0 Å². The summed E-state index contributed by atoms with van der Waals surface area (Å²) in [5, 5.41) is 22.1. The summed E-state index contributed by atoms with van der Waals surface area (Å²) in [6.45, 7) is 6.55. The van der Waals surface area contributed by atoms with Crippen molar-refractivity contribution in [2.75, 3.05) is 0 Å². The molecule has 0 fully saturated rings. The Bertz CT molecular complexity index is 1100. The Balaban J connectivity index is 0.000000492. The summed E-state index contributed by atoms with van der Waals surface area (Å²) in [7, 11) is 0. The van der Waals surface area contributed by atoms with E-state index in [1.807, 2.05) is 36.4 Å². The van der Waals surface area contributed by atoms with E-state index >= 15 is 0 Å². The van der Waals surface area contributed by atoms with Crippen molar-refractivity contribution in [3.8, 4) is 11.5 Å². The molecule has 0 spiro atoms. The van der Waals surface area contributed by atoms with Gasteiger partial charge < -0.3 is 10.2 Å². The van der Waals surface area contributed by atoms with Crippen molar-refractivity contribution in [2.45, 2.75) is 91.4 Å². The predicted octanol–water partition coefficient (Wildman–Crippen LogP) is 8.87. The number of hydrogen-bond donors (Lipinski definition) is 0. The minimum absolute atomic E-state index is 0. The predicted molar refractivity (Wildman–Crippen MR) is 159 cm³/mol. The molecule has 0 unspecified atom stereocenters. The van der Waals surface area contributed by atoms with Crippen LogP contribution in [0.4, 0.5) is 11.4 Å². The van der Waals surface area contributed by atoms with Gasteiger partial charge in [0.25, 0.3) is 0 Å². The van der Waals surface area contributed by atoms with Crippen LogP contribution in [0.25, 0.3) is 0 Å². The van der Waals surface area contributed by atoms with Crippen molar-refractivity contribution in [1.29, 1.82) is 0 Å². The van der Waals surface area contributed by atoms with Crippen molar-refractivity contribution in [3.63, 3.8) is 0 Å². The van der Waals surface area contributed by atoms with Crippen LogP contribution in [0, 0.1) is 0 Å². The second-order valence-corrected chi connectivity index (χ2v) is 9.55. The number of nitrogens with zero attached hydrogens (tertiary/aromatic N) is 2. The first-order valence-electron chi connectivity index (χ1n) is 14.3. The Kier molecular flexibility index (Phi) is 18.4. The Hall–Kier alpha value is -2.91. The molecular formula is C34H44N2NiO2. The molecule has 5 heteroatoms. The number of aliphatic imine (C=N–C) groups is 2. The monoisotopic (exact) mass is 570 g/mol. The largest absolute Gasteiger partial charge is 2.00 e. The Morgan fingerprint density at radius 3 is 1.59 bits per heavy atom. The van der Waals surface area contributed by atoms with E-state index in [1.54, 1.807) is 12.1 Å². The van der Waals surface area contributed by atoms with Crippen molar-refractivity contribution in [2.24, 2.45) is 9.98 Å². The van der Waals surface area contributed by atoms with Crippen molar-refractivity contribution >= 4 is 22.8 Å². The average Bonchev–Trinajstić information content (AvgIpc) is 2.95. The minimum Gasteiger partial charge on any atom is -0.873 e. The van der Waals surface area contributed by atoms with Gasteiger partial charge in [-0.15, -0.1) is 11.5 Å². The van der Waals surface area contributed by atoms with Crippen LogP contribution < -0.4 is 10.2 Å². The molecule has 0 aliphatic rings. The van der Waals surface area contributed by atoms with E-state index in [1.165, 1.54) is 38.2 Å². The van der Waals surface area contributed by atoms with Gasteiger partial charge in [-0.3, -0.25) is 9.98 Å². The molecule has 3 aromatic carbocycles. The summed E-state index contributed by atoms with van der Waals surface area (Å²) in [4.78, 5) is 9.97. The fourth-order valence-electron chi connectivity index (χ4n) is 4.03. The SMILES string of the molecule is CCCCCCC(=Nc1ccccc1)C(CCCC)=Nc1ccccc1.CCCCc1cccc([O-])c1[O-].[Ni+2]. The molecule has 0 aliphatic carbocycles. The van der Waals surface area contributed by atoms with Gasteiger partial charge in [-0.1, -0.05) is 113 Å². The van der Waals surface area contributed by atoms with E-state index in [-0.39, 0.29) is 28.0 Å². The quantitative estimate of drug-likeness (QED) is 0.110. The molecule has 0 amide bonds. The van der Waals surface area contributed by atoms with Crippen LogP contribution in [0.5, 0.6) is 11.5 Å². The van der Waals surface area contributed by atoms with Gasteiger partial charge in [-0.2, -0.15) is 0 Å². The molecule has 0 saturated carbocycles. The first-order valence-corrected chi connectivity index (χ1v) is 14.3. The molecular weight excluding hydrogens is 527 g/mol. The van der Waals surface area contributed by atoms with Gasteiger partial charge in [0.05, 0.1) is 22.8 Å². The molecule has 0 N–H and O–H groups in total. The van der Waals surface area contributed by atoms with E-state index in [9.17, 15) is 10.2 Å². The second kappa shape index (κ2) is 21.0. The summed E-state index contributed by atoms with van der Waals surface area (Å²) < 4.78 is 0. The summed E-state index contributed by atoms with van der Waals surface area (Å²) in [6, 6.07) is 25.3. The van der Waals surface area contributed by atoms with E-state index in [0.717, 1.165) is 61.3 Å². The van der Waals surface area contributed by atoms with Crippen molar-refractivity contribution in [3.05, 3.63) is 84.4 Å². The molecule has 4 nitrogen and oxygen atoms in total. The van der Waals surface area contributed by atoms with Gasteiger partial charge in [-0.25, -0.2) is 0 Å². The topological polar surface area (TPSA) is 70.8 Å². The maximum absolute atomic E-state index is 11.2. The Morgan fingerprint density at radius 2 is 1.08 bits per heavy atom. The van der Waals surface area contributed by atoms with Crippen molar-refractivity contribution < 1.29 is 26.7 Å². The van der Waals surface area contributed by atoms with Crippen LogP contribution in [0.1, 0.15) is 90.5 Å². The molecule has 39 heavy (non-hydrogen) atoms. The molecule has 3 rings (SSSR count). The number of benzene rings is 3. The van der Waals surface area contributed by atoms with Gasteiger partial charge in [0, 0.05) is 0 Å². The molecule has 0 saturated heterocycles. The number of para-hydroxylation sites is 3. The van der Waals surface area contributed by atoms with Gasteiger partial charge in [0.2, 0.25) is 0 Å². The maximum atomic E-state index is 11.2. The molecule has 0 bridgehead atoms. The number of aryl methyl sites for hydroxylation is 1. The van der Waals surface area contributed by atoms with Gasteiger partial charge in [-0.05, 0) is 62.8 Å². The van der Waals surface area contributed by atoms with Gasteiger partial charge >= 0.3 is 16.5 Å². The molecule has 0 aromatic heterocycles. The summed E-state index contributed by atoms with van der Waals surface area (Å²) in [5.41, 5.74) is 5.01. The first-order chi connectivity index (χ1) is 18.6. The zero-order valence-corrected chi connectivity index (χ0v) is 24.8. The van der Waals surface area contributed by atoms with Gasteiger partial charge in [0.1, 0.15) is 0 Å². The van der Waals surface area contributed by atoms with Crippen LogP contribution in [0.3, 0.4) is 0 Å². The van der Waals surface area contributed by atoms with E-state index < -0.39 is 0 Å². The summed E-state index contributed by atoms with van der Waals surface area (Å²) in [5.74, 6) is -0.713. The molecule has 0 aliphatic heterocycles. The third-order valence-electron chi connectivity index (χ3n) is 6.27. The fraction of sp³-hybridized carbons (Fsp3) is 0.412. The van der Waals surface area contributed by atoms with Crippen LogP contribution in [0.15, 0.2) is 88.8 Å². The first kappa shape index (κ1) is 34.1. The third-order valence-corrected chi connectivity index (χ3v) is 6.27. The summed E-state index contributed by atoms with van der Waals surface area (Å²) >= 11 is 0. The van der Waals surface area contributed by atoms with Crippen LogP contribution in [-0.2, 0) is 22.9 Å². The van der Waals surface area contributed by atoms with Crippen LogP contribution in [0.2, 0.25) is 0 Å².